The second-order valence-electron chi connectivity index (χ2n) is 5.40. The van der Waals surface area contributed by atoms with E-state index in [1.807, 2.05) is 4.90 Å². The lowest BCUT2D eigenvalue weighted by Crippen LogP contribution is -2.50. The number of amides is 1. The van der Waals surface area contributed by atoms with Crippen LogP contribution in [0, 0.1) is 0 Å². The minimum Gasteiger partial charge on any atom is -0.398 e. The number of carbonyl (C=O) groups is 1. The number of piperazine rings is 1. The summed E-state index contributed by atoms with van der Waals surface area (Å²) in [6.45, 7) is 5.42. The number of likely N-dealkylation sites (N-methyl/N-ethyl adjacent to an activating group) is 1. The first kappa shape index (κ1) is 14.7. The lowest BCUT2D eigenvalue weighted by atomic mass is 10.2. The van der Waals surface area contributed by atoms with E-state index in [0.29, 0.717) is 11.3 Å². The van der Waals surface area contributed by atoms with Crippen molar-refractivity contribution in [2.24, 2.45) is 0 Å². The van der Waals surface area contributed by atoms with Crippen LogP contribution in [-0.4, -0.2) is 79.0 Å². The number of rotatable bonds is 4. The average molecular weight is 277 g/mol. The van der Waals surface area contributed by atoms with E-state index in [2.05, 4.69) is 28.9 Å². The van der Waals surface area contributed by atoms with Gasteiger partial charge in [-0.25, -0.2) is 0 Å². The van der Waals surface area contributed by atoms with E-state index in [0.717, 1.165) is 39.3 Å². The molecule has 0 saturated carbocycles. The molecule has 1 aromatic heterocycles. The standard InChI is InChI=1S/C14H23N5O/c1-17(2)5-6-18-7-9-19(10-8-18)14(20)12-11-16-4-3-13(12)15/h3-4,11H,5-10H2,1-2H3,(H2,15,16). The lowest BCUT2D eigenvalue weighted by molar-refractivity contribution is 0.0630. The van der Waals surface area contributed by atoms with Crippen molar-refractivity contribution in [3.63, 3.8) is 0 Å². The first-order chi connectivity index (χ1) is 9.58. The van der Waals surface area contributed by atoms with Crippen LogP contribution in [0.2, 0.25) is 0 Å². The van der Waals surface area contributed by atoms with Gasteiger partial charge in [-0.1, -0.05) is 0 Å². The van der Waals surface area contributed by atoms with Crippen LogP contribution in [0.3, 0.4) is 0 Å². The molecule has 2 N–H and O–H groups in total. The quantitative estimate of drug-likeness (QED) is 0.838. The molecule has 6 nitrogen and oxygen atoms in total. The van der Waals surface area contributed by atoms with Gasteiger partial charge in [0.25, 0.3) is 5.91 Å². The van der Waals surface area contributed by atoms with Gasteiger partial charge in [-0.15, -0.1) is 0 Å². The fourth-order valence-corrected chi connectivity index (χ4v) is 2.27. The van der Waals surface area contributed by atoms with Crippen molar-refractivity contribution in [3.8, 4) is 0 Å². The maximum absolute atomic E-state index is 12.4. The van der Waals surface area contributed by atoms with Gasteiger partial charge in [0.2, 0.25) is 0 Å². The van der Waals surface area contributed by atoms with E-state index < -0.39 is 0 Å². The van der Waals surface area contributed by atoms with Gasteiger partial charge in [0.15, 0.2) is 0 Å². The molecular weight excluding hydrogens is 254 g/mol. The number of nitrogens with two attached hydrogens (primary N) is 1. The van der Waals surface area contributed by atoms with Crippen LogP contribution in [0.15, 0.2) is 18.5 Å². The summed E-state index contributed by atoms with van der Waals surface area (Å²) >= 11 is 0. The highest BCUT2D eigenvalue weighted by molar-refractivity contribution is 5.98. The molecule has 2 heterocycles. The van der Waals surface area contributed by atoms with Gasteiger partial charge in [0.05, 0.1) is 5.56 Å². The molecule has 1 saturated heterocycles. The number of anilines is 1. The molecule has 6 heteroatoms. The molecule has 0 aromatic carbocycles. The van der Waals surface area contributed by atoms with Crippen molar-refractivity contribution in [2.45, 2.75) is 0 Å². The molecule has 0 atom stereocenters. The normalized spacial score (nSPS) is 16.6. The summed E-state index contributed by atoms with van der Waals surface area (Å²) in [5.41, 5.74) is 6.84. The fraction of sp³-hybridized carbons (Fsp3) is 0.571. The fourth-order valence-electron chi connectivity index (χ4n) is 2.27. The maximum Gasteiger partial charge on any atom is 0.257 e. The van der Waals surface area contributed by atoms with E-state index in [4.69, 9.17) is 5.73 Å². The zero-order chi connectivity index (χ0) is 14.5. The van der Waals surface area contributed by atoms with E-state index in [-0.39, 0.29) is 5.91 Å². The molecule has 0 bridgehead atoms. The summed E-state index contributed by atoms with van der Waals surface area (Å²) in [5.74, 6) is -0.0112. The van der Waals surface area contributed by atoms with Gasteiger partial charge < -0.3 is 15.5 Å². The number of aromatic nitrogens is 1. The van der Waals surface area contributed by atoms with Crippen LogP contribution < -0.4 is 5.73 Å². The van der Waals surface area contributed by atoms with Crippen LogP contribution in [0.5, 0.6) is 0 Å². The molecule has 0 spiro atoms. The van der Waals surface area contributed by atoms with E-state index >= 15 is 0 Å². The van der Waals surface area contributed by atoms with E-state index in [9.17, 15) is 4.79 Å². The molecule has 1 fully saturated rings. The molecule has 0 radical (unpaired) electrons. The molecule has 1 aromatic rings. The molecule has 110 valence electrons. The SMILES string of the molecule is CN(C)CCN1CCN(C(=O)c2cnccc2N)CC1. The molecule has 20 heavy (non-hydrogen) atoms. The average Bonchev–Trinajstić information content (AvgIpc) is 2.45. The van der Waals surface area contributed by atoms with Gasteiger partial charge in [-0.3, -0.25) is 14.7 Å². The highest BCUT2D eigenvalue weighted by Gasteiger charge is 2.23. The summed E-state index contributed by atoms with van der Waals surface area (Å²) in [5, 5.41) is 0. The second kappa shape index (κ2) is 6.67. The molecule has 0 aliphatic carbocycles. The highest BCUT2D eigenvalue weighted by Crippen LogP contribution is 2.13. The molecule has 1 aliphatic heterocycles. The van der Waals surface area contributed by atoms with Crippen LogP contribution in [0.4, 0.5) is 5.69 Å². The van der Waals surface area contributed by atoms with Crippen LogP contribution in [0.25, 0.3) is 0 Å². The number of nitrogen functional groups attached to an aromatic ring is 1. The van der Waals surface area contributed by atoms with Crippen molar-refractivity contribution in [2.75, 3.05) is 59.1 Å². The summed E-state index contributed by atoms with van der Waals surface area (Å²) in [4.78, 5) is 22.8. The van der Waals surface area contributed by atoms with Gasteiger partial charge in [0.1, 0.15) is 0 Å². The van der Waals surface area contributed by atoms with E-state index in [1.165, 1.54) is 0 Å². The van der Waals surface area contributed by atoms with Gasteiger partial charge >= 0.3 is 0 Å². The summed E-state index contributed by atoms with van der Waals surface area (Å²) in [6.07, 6.45) is 3.15. The zero-order valence-electron chi connectivity index (χ0n) is 12.2. The lowest BCUT2D eigenvalue weighted by Gasteiger charge is -2.35. The third-order valence-electron chi connectivity index (χ3n) is 3.61. The minimum atomic E-state index is -0.0112. The molecule has 1 aliphatic rings. The topological polar surface area (TPSA) is 65.7 Å². The second-order valence-corrected chi connectivity index (χ2v) is 5.40. The Kier molecular flexibility index (Phi) is 4.92. The summed E-state index contributed by atoms with van der Waals surface area (Å²) < 4.78 is 0. The Hall–Kier alpha value is -1.66. The predicted molar refractivity (Wildman–Crippen MR) is 79.5 cm³/mol. The monoisotopic (exact) mass is 277 g/mol. The van der Waals surface area contributed by atoms with Gasteiger partial charge in [0, 0.05) is 57.3 Å². The van der Waals surface area contributed by atoms with Crippen molar-refractivity contribution < 1.29 is 4.79 Å². The Bertz CT molecular complexity index is 455. The molecule has 1 amide bonds. The Morgan fingerprint density at radius 2 is 2.05 bits per heavy atom. The van der Waals surface area contributed by atoms with Gasteiger partial charge in [-0.05, 0) is 20.2 Å². The number of carbonyl (C=O) groups excluding carboxylic acids is 1. The van der Waals surface area contributed by atoms with Crippen molar-refractivity contribution in [1.82, 2.24) is 19.7 Å². The molecule has 2 rings (SSSR count). The number of hydrogen-bond acceptors (Lipinski definition) is 5. The van der Waals surface area contributed by atoms with Crippen molar-refractivity contribution in [1.29, 1.82) is 0 Å². The Morgan fingerprint density at radius 3 is 2.65 bits per heavy atom. The van der Waals surface area contributed by atoms with Crippen LogP contribution in [0.1, 0.15) is 10.4 Å². The number of hydrogen-bond donors (Lipinski definition) is 1. The highest BCUT2D eigenvalue weighted by atomic mass is 16.2. The smallest absolute Gasteiger partial charge is 0.257 e. The van der Waals surface area contributed by atoms with Gasteiger partial charge in [-0.2, -0.15) is 0 Å². The van der Waals surface area contributed by atoms with E-state index in [1.54, 1.807) is 18.5 Å². The van der Waals surface area contributed by atoms with Crippen LogP contribution in [-0.2, 0) is 0 Å². The Balaban J connectivity index is 1.88. The maximum atomic E-state index is 12.4. The van der Waals surface area contributed by atoms with Crippen molar-refractivity contribution in [3.05, 3.63) is 24.0 Å². The minimum absolute atomic E-state index is 0.0112. The number of pyridine rings is 1. The predicted octanol–water partition coefficient (Wildman–Crippen LogP) is -0.0168. The summed E-state index contributed by atoms with van der Waals surface area (Å²) in [7, 11) is 4.15. The molecular formula is C14H23N5O. The van der Waals surface area contributed by atoms with Crippen molar-refractivity contribution >= 4 is 11.6 Å². The largest absolute Gasteiger partial charge is 0.398 e. The summed E-state index contributed by atoms with van der Waals surface area (Å²) in [6, 6.07) is 1.67. The third kappa shape index (κ3) is 3.68. The first-order valence-electron chi connectivity index (χ1n) is 6.94. The zero-order valence-corrected chi connectivity index (χ0v) is 12.2. The molecule has 0 unspecified atom stereocenters. The van der Waals surface area contributed by atoms with Crippen LogP contribution >= 0.6 is 0 Å². The first-order valence-corrected chi connectivity index (χ1v) is 6.94. The third-order valence-corrected chi connectivity index (χ3v) is 3.61. The Morgan fingerprint density at radius 1 is 1.35 bits per heavy atom. The number of nitrogens with zero attached hydrogens (tertiary/aromatic N) is 4. The Labute approximate surface area is 120 Å².